The largest absolute Gasteiger partial charge is 0.490 e. The Balaban J connectivity index is 1.60. The second-order valence-electron chi connectivity index (χ2n) is 7.55. The fraction of sp³-hybridized carbons (Fsp3) is 0.409. The highest BCUT2D eigenvalue weighted by molar-refractivity contribution is 5.90. The number of nitrogens with one attached hydrogen (secondary N) is 1. The summed E-state index contributed by atoms with van der Waals surface area (Å²) in [7, 11) is 1.42. The van der Waals surface area contributed by atoms with Crippen molar-refractivity contribution in [3.8, 4) is 11.5 Å². The molecule has 30 heavy (non-hydrogen) atoms. The Morgan fingerprint density at radius 2 is 2.10 bits per heavy atom. The molecule has 2 aliphatic heterocycles. The lowest BCUT2D eigenvalue weighted by Gasteiger charge is -2.33. The van der Waals surface area contributed by atoms with Crippen molar-refractivity contribution in [2.45, 2.75) is 25.9 Å². The van der Waals surface area contributed by atoms with E-state index in [1.807, 2.05) is 19.1 Å². The Hall–Kier alpha value is -3.13. The topological polar surface area (TPSA) is 89.2 Å². The maximum absolute atomic E-state index is 11.7. The van der Waals surface area contributed by atoms with Crippen LogP contribution in [0, 0.1) is 16.0 Å². The molecule has 1 fully saturated rings. The summed E-state index contributed by atoms with van der Waals surface area (Å²) >= 11 is 0. The standard InChI is InChI=1S/C22H26N4O4/c1-3-30-20-12-16(11-19(26(27)28)22(20)29-2)21-17-14-25(10-9-18(17)23-24-21)13-15-7-5-4-6-8-15/h4-8,11-12,17,21,24H,3,9-10,13-14H2,1-2H3. The number of nitro benzene ring substituents is 1. The van der Waals surface area contributed by atoms with E-state index in [-0.39, 0.29) is 23.4 Å². The third kappa shape index (κ3) is 3.95. The molecule has 2 aromatic rings. The first-order chi connectivity index (χ1) is 14.6. The van der Waals surface area contributed by atoms with E-state index >= 15 is 0 Å². The van der Waals surface area contributed by atoms with Crippen LogP contribution in [0.15, 0.2) is 47.6 Å². The maximum atomic E-state index is 11.7. The molecule has 2 heterocycles. The van der Waals surface area contributed by atoms with Gasteiger partial charge in [0.25, 0.3) is 0 Å². The van der Waals surface area contributed by atoms with Crippen LogP contribution in [0.5, 0.6) is 11.5 Å². The summed E-state index contributed by atoms with van der Waals surface area (Å²) in [4.78, 5) is 13.6. The van der Waals surface area contributed by atoms with E-state index in [1.54, 1.807) is 6.07 Å². The molecule has 0 aromatic heterocycles. The highest BCUT2D eigenvalue weighted by Gasteiger charge is 2.38. The first-order valence-corrected chi connectivity index (χ1v) is 10.2. The van der Waals surface area contributed by atoms with Gasteiger partial charge in [-0.05, 0) is 24.1 Å². The molecule has 2 aliphatic rings. The molecular weight excluding hydrogens is 384 g/mol. The number of hydrogen-bond donors (Lipinski definition) is 1. The highest BCUT2D eigenvalue weighted by Crippen LogP contribution is 2.42. The van der Waals surface area contributed by atoms with Crippen molar-refractivity contribution in [3.05, 3.63) is 63.7 Å². The first-order valence-electron chi connectivity index (χ1n) is 10.2. The number of nitro groups is 1. The van der Waals surface area contributed by atoms with E-state index in [2.05, 4.69) is 39.7 Å². The van der Waals surface area contributed by atoms with Crippen LogP contribution in [0.4, 0.5) is 5.69 Å². The molecule has 1 saturated heterocycles. The van der Waals surface area contributed by atoms with Crippen LogP contribution in [0.2, 0.25) is 0 Å². The van der Waals surface area contributed by atoms with Gasteiger partial charge in [-0.1, -0.05) is 30.3 Å². The number of nitrogens with zero attached hydrogens (tertiary/aromatic N) is 3. The predicted molar refractivity (Wildman–Crippen MR) is 114 cm³/mol. The Bertz CT molecular complexity index is 948. The zero-order chi connectivity index (χ0) is 21.1. The maximum Gasteiger partial charge on any atom is 0.315 e. The number of hydrogen-bond acceptors (Lipinski definition) is 7. The van der Waals surface area contributed by atoms with E-state index in [0.717, 1.165) is 37.3 Å². The van der Waals surface area contributed by atoms with Crippen molar-refractivity contribution in [1.29, 1.82) is 0 Å². The molecule has 0 saturated carbocycles. The van der Waals surface area contributed by atoms with Gasteiger partial charge in [-0.25, -0.2) is 0 Å². The molecule has 0 radical (unpaired) electrons. The van der Waals surface area contributed by atoms with Crippen molar-refractivity contribution >= 4 is 11.4 Å². The smallest absolute Gasteiger partial charge is 0.315 e. The molecule has 4 rings (SSSR count). The van der Waals surface area contributed by atoms with Crippen molar-refractivity contribution < 1.29 is 14.4 Å². The van der Waals surface area contributed by atoms with Crippen LogP contribution in [0.3, 0.4) is 0 Å². The van der Waals surface area contributed by atoms with Gasteiger partial charge in [-0.3, -0.25) is 15.0 Å². The Morgan fingerprint density at radius 1 is 1.30 bits per heavy atom. The minimum Gasteiger partial charge on any atom is -0.490 e. The van der Waals surface area contributed by atoms with E-state index in [0.29, 0.717) is 12.4 Å². The van der Waals surface area contributed by atoms with Crippen molar-refractivity contribution in [1.82, 2.24) is 10.3 Å². The number of likely N-dealkylation sites (tertiary alicyclic amines) is 1. The monoisotopic (exact) mass is 410 g/mol. The molecule has 8 heteroatoms. The van der Waals surface area contributed by atoms with Crippen molar-refractivity contribution in [2.24, 2.45) is 11.0 Å². The lowest BCUT2D eigenvalue weighted by Crippen LogP contribution is -2.41. The summed E-state index contributed by atoms with van der Waals surface area (Å²) in [6.45, 7) is 4.91. The second-order valence-corrected chi connectivity index (χ2v) is 7.55. The second kappa shape index (κ2) is 8.71. The normalized spacial score (nSPS) is 20.8. The third-order valence-electron chi connectivity index (χ3n) is 5.68. The van der Waals surface area contributed by atoms with Crippen LogP contribution < -0.4 is 14.9 Å². The molecule has 0 aliphatic carbocycles. The van der Waals surface area contributed by atoms with Gasteiger partial charge in [0.2, 0.25) is 5.75 Å². The van der Waals surface area contributed by atoms with Gasteiger partial charge in [-0.2, -0.15) is 5.10 Å². The quantitative estimate of drug-likeness (QED) is 0.555. The average Bonchev–Trinajstić information content (AvgIpc) is 3.17. The highest BCUT2D eigenvalue weighted by atomic mass is 16.6. The minimum atomic E-state index is -0.426. The molecule has 0 amide bonds. The zero-order valence-corrected chi connectivity index (χ0v) is 17.2. The number of hydrazone groups is 1. The molecule has 0 spiro atoms. The third-order valence-corrected chi connectivity index (χ3v) is 5.68. The Labute approximate surface area is 175 Å². The predicted octanol–water partition coefficient (Wildman–Crippen LogP) is 3.52. The van der Waals surface area contributed by atoms with E-state index < -0.39 is 4.92 Å². The van der Waals surface area contributed by atoms with Crippen LogP contribution in [0.1, 0.15) is 30.5 Å². The lowest BCUT2D eigenvalue weighted by molar-refractivity contribution is -0.385. The van der Waals surface area contributed by atoms with Gasteiger partial charge in [0.1, 0.15) is 0 Å². The fourth-order valence-corrected chi connectivity index (χ4v) is 4.30. The molecule has 8 nitrogen and oxygen atoms in total. The molecule has 1 N–H and O–H groups in total. The van der Waals surface area contributed by atoms with Gasteiger partial charge in [0.05, 0.1) is 24.7 Å². The summed E-state index contributed by atoms with van der Waals surface area (Å²) in [5.74, 6) is 0.695. The van der Waals surface area contributed by atoms with Crippen LogP contribution in [-0.4, -0.2) is 42.3 Å². The molecule has 2 aromatic carbocycles. The number of fused-ring (bicyclic) bond motifs is 1. The van der Waals surface area contributed by atoms with Gasteiger partial charge in [0, 0.05) is 43.8 Å². The SMILES string of the molecule is CCOc1cc(C2NN=C3CCN(Cc4ccccc4)CC32)cc([N+](=O)[O-])c1OC. The van der Waals surface area contributed by atoms with Gasteiger partial charge >= 0.3 is 5.69 Å². The van der Waals surface area contributed by atoms with Crippen molar-refractivity contribution in [3.63, 3.8) is 0 Å². The number of rotatable bonds is 7. The summed E-state index contributed by atoms with van der Waals surface area (Å²) in [5, 5.41) is 16.2. The molecule has 2 unspecified atom stereocenters. The summed E-state index contributed by atoms with van der Waals surface area (Å²) in [5.41, 5.74) is 6.31. The number of methoxy groups -OCH3 is 1. The average molecular weight is 410 g/mol. The number of benzene rings is 2. The Morgan fingerprint density at radius 3 is 2.80 bits per heavy atom. The van der Waals surface area contributed by atoms with Gasteiger partial charge in [-0.15, -0.1) is 0 Å². The van der Waals surface area contributed by atoms with Crippen LogP contribution >= 0.6 is 0 Å². The van der Waals surface area contributed by atoms with Gasteiger partial charge in [0.15, 0.2) is 5.75 Å². The lowest BCUT2D eigenvalue weighted by atomic mass is 9.86. The number of ether oxygens (including phenoxy) is 2. The minimum absolute atomic E-state index is 0.0920. The van der Waals surface area contributed by atoms with Crippen molar-refractivity contribution in [2.75, 3.05) is 26.8 Å². The van der Waals surface area contributed by atoms with E-state index in [4.69, 9.17) is 9.47 Å². The fourth-order valence-electron chi connectivity index (χ4n) is 4.30. The molecule has 0 bridgehead atoms. The van der Waals surface area contributed by atoms with Crippen LogP contribution in [-0.2, 0) is 6.54 Å². The summed E-state index contributed by atoms with van der Waals surface area (Å²) in [6, 6.07) is 13.7. The summed E-state index contributed by atoms with van der Waals surface area (Å²) < 4.78 is 10.9. The zero-order valence-electron chi connectivity index (χ0n) is 17.2. The van der Waals surface area contributed by atoms with Gasteiger partial charge < -0.3 is 14.9 Å². The molecule has 2 atom stereocenters. The van der Waals surface area contributed by atoms with E-state index in [1.165, 1.54) is 12.7 Å². The Kier molecular flexibility index (Phi) is 5.85. The molecular formula is C22H26N4O4. The van der Waals surface area contributed by atoms with E-state index in [9.17, 15) is 10.1 Å². The molecule has 158 valence electrons. The number of piperidine rings is 1. The summed E-state index contributed by atoms with van der Waals surface area (Å²) in [6.07, 6.45) is 0.886. The first kappa shape index (κ1) is 20.2. The van der Waals surface area contributed by atoms with Crippen LogP contribution in [0.25, 0.3) is 0 Å².